The Labute approximate surface area is 185 Å². The fraction of sp³-hybridized carbons (Fsp3) is 0.304. The van der Waals surface area contributed by atoms with Crippen LogP contribution in [0.25, 0.3) is 11.0 Å². The summed E-state index contributed by atoms with van der Waals surface area (Å²) >= 11 is 6.16. The summed E-state index contributed by atoms with van der Waals surface area (Å²) in [6, 6.07) is 11.5. The number of nitrogens with zero attached hydrogens (tertiary/aromatic N) is 6. The number of aryl methyl sites for hydroxylation is 3. The second kappa shape index (κ2) is 6.92. The topological polar surface area (TPSA) is 68.8 Å². The van der Waals surface area contributed by atoms with E-state index < -0.39 is 0 Å². The molecular weight excluding hydrogens is 412 g/mol. The summed E-state index contributed by atoms with van der Waals surface area (Å²) in [4.78, 5) is 20.2. The number of benzene rings is 2. The van der Waals surface area contributed by atoms with E-state index in [9.17, 15) is 4.79 Å². The van der Waals surface area contributed by atoms with Crippen molar-refractivity contribution in [3.63, 3.8) is 0 Å². The molecule has 1 atom stereocenters. The van der Waals surface area contributed by atoms with Gasteiger partial charge >= 0.3 is 0 Å². The SMILES string of the molecule is Cc1cc(N2C(=O)c3nc(C)n(C(C)C)c3[C@H]2c2ccc(Cl)cc2)cc2c1nnn2C. The molecule has 7 nitrogen and oxygen atoms in total. The first-order chi connectivity index (χ1) is 14.8. The Bertz CT molecular complexity index is 1330. The van der Waals surface area contributed by atoms with Crippen molar-refractivity contribution < 1.29 is 4.79 Å². The number of fused-ring (bicyclic) bond motifs is 2. The molecule has 0 radical (unpaired) electrons. The minimum atomic E-state index is -0.304. The van der Waals surface area contributed by atoms with E-state index in [4.69, 9.17) is 11.6 Å². The van der Waals surface area contributed by atoms with E-state index in [1.807, 2.05) is 62.2 Å². The maximum atomic E-state index is 13.7. The van der Waals surface area contributed by atoms with Crippen molar-refractivity contribution in [2.24, 2.45) is 7.05 Å². The fourth-order valence-electron chi connectivity index (χ4n) is 4.62. The van der Waals surface area contributed by atoms with Gasteiger partial charge in [-0.15, -0.1) is 5.10 Å². The average Bonchev–Trinajstić information content (AvgIpc) is 3.34. The fourth-order valence-corrected chi connectivity index (χ4v) is 4.75. The van der Waals surface area contributed by atoms with Gasteiger partial charge in [-0.1, -0.05) is 28.9 Å². The standard InChI is InChI=1S/C23H23ClN6O/c1-12(2)29-14(4)25-20-22(29)21(15-6-8-16(24)9-7-15)30(23(20)31)17-10-13(3)19-18(11-17)28(5)27-26-19/h6-12,21H,1-5H3/t21-/m1/s1. The van der Waals surface area contributed by atoms with Crippen LogP contribution in [0.3, 0.4) is 0 Å². The Morgan fingerprint density at radius 3 is 2.48 bits per heavy atom. The first kappa shape index (κ1) is 19.8. The number of hydrogen-bond acceptors (Lipinski definition) is 4. The third-order valence-corrected chi connectivity index (χ3v) is 6.19. The molecule has 0 N–H and O–H groups in total. The van der Waals surface area contributed by atoms with Gasteiger partial charge in [-0.2, -0.15) is 0 Å². The van der Waals surface area contributed by atoms with E-state index in [-0.39, 0.29) is 18.0 Å². The maximum absolute atomic E-state index is 13.7. The van der Waals surface area contributed by atoms with E-state index in [0.29, 0.717) is 10.7 Å². The zero-order chi connectivity index (χ0) is 22.0. The molecule has 0 unspecified atom stereocenters. The molecule has 1 aliphatic heterocycles. The summed E-state index contributed by atoms with van der Waals surface area (Å²) in [5.74, 6) is 0.737. The minimum absolute atomic E-state index is 0.105. The Kier molecular flexibility index (Phi) is 4.41. The van der Waals surface area contributed by atoms with Crippen molar-refractivity contribution in [3.8, 4) is 0 Å². The molecule has 0 aliphatic carbocycles. The predicted octanol–water partition coefficient (Wildman–Crippen LogP) is 4.77. The second-order valence-corrected chi connectivity index (χ2v) is 8.77. The van der Waals surface area contributed by atoms with Gasteiger partial charge in [0.15, 0.2) is 5.69 Å². The van der Waals surface area contributed by atoms with Gasteiger partial charge in [-0.05, 0) is 63.1 Å². The number of imidazole rings is 1. The summed E-state index contributed by atoms with van der Waals surface area (Å²) in [7, 11) is 1.85. The Morgan fingerprint density at radius 1 is 1.10 bits per heavy atom. The average molecular weight is 435 g/mol. The van der Waals surface area contributed by atoms with Gasteiger partial charge in [-0.25, -0.2) is 9.67 Å². The zero-order valence-corrected chi connectivity index (χ0v) is 18.8. The lowest BCUT2D eigenvalue weighted by atomic mass is 10.0. The Hall–Kier alpha value is -3.19. The van der Waals surface area contributed by atoms with E-state index in [0.717, 1.165) is 39.4 Å². The zero-order valence-electron chi connectivity index (χ0n) is 18.1. The van der Waals surface area contributed by atoms with Crippen molar-refractivity contribution in [1.82, 2.24) is 24.5 Å². The monoisotopic (exact) mass is 434 g/mol. The van der Waals surface area contributed by atoms with Crippen LogP contribution in [0.4, 0.5) is 5.69 Å². The molecule has 0 saturated carbocycles. The summed E-state index contributed by atoms with van der Waals surface area (Å²) in [6.07, 6.45) is 0. The lowest BCUT2D eigenvalue weighted by Gasteiger charge is -2.28. The first-order valence-corrected chi connectivity index (χ1v) is 10.6. The van der Waals surface area contributed by atoms with Gasteiger partial charge in [-0.3, -0.25) is 9.69 Å². The van der Waals surface area contributed by atoms with Gasteiger partial charge in [0.25, 0.3) is 5.91 Å². The molecule has 1 aliphatic rings. The van der Waals surface area contributed by atoms with Crippen molar-refractivity contribution in [1.29, 1.82) is 0 Å². The third kappa shape index (κ3) is 2.87. The molecule has 8 heteroatoms. The predicted molar refractivity (Wildman–Crippen MR) is 121 cm³/mol. The molecule has 3 heterocycles. The van der Waals surface area contributed by atoms with Crippen molar-refractivity contribution in [3.05, 3.63) is 69.8 Å². The smallest absolute Gasteiger partial charge is 0.279 e. The molecule has 0 spiro atoms. The van der Waals surface area contributed by atoms with E-state index in [2.05, 4.69) is 33.7 Å². The molecule has 2 aromatic carbocycles. The highest BCUT2D eigenvalue weighted by molar-refractivity contribution is 6.30. The number of carbonyl (C=O) groups is 1. The maximum Gasteiger partial charge on any atom is 0.279 e. The lowest BCUT2D eigenvalue weighted by molar-refractivity contribution is 0.0989. The number of aromatic nitrogens is 5. The molecule has 0 bridgehead atoms. The second-order valence-electron chi connectivity index (χ2n) is 8.33. The van der Waals surface area contributed by atoms with Gasteiger partial charge < -0.3 is 4.57 Å². The van der Waals surface area contributed by atoms with E-state index in [1.54, 1.807) is 4.68 Å². The summed E-state index contributed by atoms with van der Waals surface area (Å²) in [5.41, 5.74) is 5.89. The Morgan fingerprint density at radius 2 is 1.81 bits per heavy atom. The van der Waals surface area contributed by atoms with Gasteiger partial charge in [0, 0.05) is 23.8 Å². The van der Waals surface area contributed by atoms with Gasteiger partial charge in [0.05, 0.1) is 11.2 Å². The van der Waals surface area contributed by atoms with Crippen LogP contribution >= 0.6 is 11.6 Å². The van der Waals surface area contributed by atoms with Crippen LogP contribution in [-0.2, 0) is 7.05 Å². The Balaban J connectivity index is 1.77. The third-order valence-electron chi connectivity index (χ3n) is 5.94. The first-order valence-electron chi connectivity index (χ1n) is 10.3. The largest absolute Gasteiger partial charge is 0.327 e. The summed E-state index contributed by atoms with van der Waals surface area (Å²) < 4.78 is 3.89. The van der Waals surface area contributed by atoms with Crippen LogP contribution in [0.15, 0.2) is 36.4 Å². The number of anilines is 1. The van der Waals surface area contributed by atoms with E-state index in [1.165, 1.54) is 0 Å². The van der Waals surface area contributed by atoms with Crippen LogP contribution < -0.4 is 4.90 Å². The van der Waals surface area contributed by atoms with Crippen LogP contribution in [0.5, 0.6) is 0 Å². The molecule has 31 heavy (non-hydrogen) atoms. The van der Waals surface area contributed by atoms with Gasteiger partial charge in [0.1, 0.15) is 17.4 Å². The normalized spacial score (nSPS) is 16.0. The van der Waals surface area contributed by atoms with Crippen molar-refractivity contribution in [2.75, 3.05) is 4.90 Å². The molecule has 1 amide bonds. The highest BCUT2D eigenvalue weighted by atomic mass is 35.5. The molecular formula is C23H23ClN6O. The summed E-state index contributed by atoms with van der Waals surface area (Å²) in [6.45, 7) is 8.16. The van der Waals surface area contributed by atoms with Crippen LogP contribution in [0.1, 0.15) is 59.1 Å². The molecule has 0 saturated heterocycles. The summed E-state index contributed by atoms with van der Waals surface area (Å²) in [5, 5.41) is 9.05. The highest BCUT2D eigenvalue weighted by Gasteiger charge is 2.44. The van der Waals surface area contributed by atoms with Crippen LogP contribution in [-0.4, -0.2) is 30.5 Å². The number of halogens is 1. The molecule has 4 aromatic rings. The molecule has 5 rings (SSSR count). The minimum Gasteiger partial charge on any atom is -0.327 e. The molecule has 0 fully saturated rings. The highest BCUT2D eigenvalue weighted by Crippen LogP contribution is 2.44. The van der Waals surface area contributed by atoms with Gasteiger partial charge in [0.2, 0.25) is 0 Å². The number of carbonyl (C=O) groups excluding carboxylic acids is 1. The number of hydrogen-bond donors (Lipinski definition) is 0. The number of amides is 1. The molecule has 158 valence electrons. The van der Waals surface area contributed by atoms with Crippen molar-refractivity contribution in [2.45, 2.75) is 39.8 Å². The number of rotatable bonds is 3. The van der Waals surface area contributed by atoms with Crippen molar-refractivity contribution >= 4 is 34.2 Å². The quantitative estimate of drug-likeness (QED) is 0.466. The molecule has 2 aromatic heterocycles. The van der Waals surface area contributed by atoms with Crippen LogP contribution in [0.2, 0.25) is 5.02 Å². The van der Waals surface area contributed by atoms with Crippen LogP contribution in [0, 0.1) is 13.8 Å². The lowest BCUT2D eigenvalue weighted by Crippen LogP contribution is -2.30. The van der Waals surface area contributed by atoms with E-state index >= 15 is 0 Å².